The summed E-state index contributed by atoms with van der Waals surface area (Å²) in [4.78, 5) is 2.41. The van der Waals surface area contributed by atoms with Crippen LogP contribution < -0.4 is 0 Å². The summed E-state index contributed by atoms with van der Waals surface area (Å²) in [6, 6.07) is 21.0. The van der Waals surface area contributed by atoms with Gasteiger partial charge in [-0.25, -0.2) is 0 Å². The maximum atomic E-state index is 10.4. The van der Waals surface area contributed by atoms with E-state index in [1.165, 1.54) is 18.4 Å². The van der Waals surface area contributed by atoms with E-state index in [0.717, 1.165) is 12.1 Å². The fourth-order valence-electron chi connectivity index (χ4n) is 3.10. The van der Waals surface area contributed by atoms with Crippen LogP contribution in [0.3, 0.4) is 0 Å². The number of likely N-dealkylation sites (tertiary alicyclic amines) is 1. The monoisotopic (exact) mass is 267 g/mol. The maximum Gasteiger partial charge on any atom is 0.0917 e. The third kappa shape index (κ3) is 2.92. The molecule has 2 aromatic carbocycles. The zero-order valence-electron chi connectivity index (χ0n) is 11.7. The van der Waals surface area contributed by atoms with Crippen molar-refractivity contribution in [1.29, 1.82) is 0 Å². The lowest BCUT2D eigenvalue weighted by Crippen LogP contribution is -2.28. The lowest BCUT2D eigenvalue weighted by Gasteiger charge is -2.27. The Morgan fingerprint density at radius 1 is 1.00 bits per heavy atom. The van der Waals surface area contributed by atoms with Gasteiger partial charge >= 0.3 is 0 Å². The Balaban J connectivity index is 1.70. The Kier molecular flexibility index (Phi) is 4.14. The van der Waals surface area contributed by atoms with Gasteiger partial charge in [0.2, 0.25) is 0 Å². The van der Waals surface area contributed by atoms with Gasteiger partial charge in [0.05, 0.1) is 6.10 Å². The van der Waals surface area contributed by atoms with Crippen LogP contribution >= 0.6 is 0 Å². The highest BCUT2D eigenvalue weighted by Gasteiger charge is 2.27. The Hall–Kier alpha value is -1.64. The molecule has 1 heterocycles. The van der Waals surface area contributed by atoms with Crippen LogP contribution in [0.4, 0.5) is 0 Å². The van der Waals surface area contributed by atoms with Crippen molar-refractivity contribution < 1.29 is 5.11 Å². The molecule has 0 spiro atoms. The first-order valence-electron chi connectivity index (χ1n) is 7.36. The number of hydrogen-bond acceptors (Lipinski definition) is 2. The molecular formula is C18H21NO. The van der Waals surface area contributed by atoms with E-state index >= 15 is 0 Å². The number of aliphatic hydroxyl groups is 1. The SMILES string of the molecule is O[C@H](CN1CCC[C@H]1c1ccccc1)c1ccccc1. The molecule has 2 aromatic rings. The van der Waals surface area contributed by atoms with Crippen molar-refractivity contribution in [3.8, 4) is 0 Å². The molecule has 104 valence electrons. The highest BCUT2D eigenvalue weighted by molar-refractivity contribution is 5.21. The molecule has 1 N–H and O–H groups in total. The van der Waals surface area contributed by atoms with Gasteiger partial charge in [-0.2, -0.15) is 0 Å². The van der Waals surface area contributed by atoms with Gasteiger partial charge in [0.25, 0.3) is 0 Å². The van der Waals surface area contributed by atoms with Crippen molar-refractivity contribution >= 4 is 0 Å². The van der Waals surface area contributed by atoms with Gasteiger partial charge in [0.15, 0.2) is 0 Å². The predicted molar refractivity (Wildman–Crippen MR) is 81.4 cm³/mol. The third-order valence-electron chi connectivity index (χ3n) is 4.14. The van der Waals surface area contributed by atoms with Crippen LogP contribution in [0.2, 0.25) is 0 Å². The number of hydrogen-bond donors (Lipinski definition) is 1. The van der Waals surface area contributed by atoms with E-state index in [2.05, 4.69) is 35.2 Å². The van der Waals surface area contributed by atoms with Crippen molar-refractivity contribution in [3.63, 3.8) is 0 Å². The topological polar surface area (TPSA) is 23.5 Å². The Morgan fingerprint density at radius 3 is 2.35 bits per heavy atom. The number of nitrogens with zero attached hydrogens (tertiary/aromatic N) is 1. The molecule has 0 radical (unpaired) electrons. The van der Waals surface area contributed by atoms with E-state index in [-0.39, 0.29) is 0 Å². The van der Waals surface area contributed by atoms with E-state index in [9.17, 15) is 5.11 Å². The first-order valence-corrected chi connectivity index (χ1v) is 7.36. The summed E-state index contributed by atoms with van der Waals surface area (Å²) in [6.07, 6.45) is 1.99. The number of benzene rings is 2. The second kappa shape index (κ2) is 6.21. The van der Waals surface area contributed by atoms with Crippen LogP contribution in [0, 0.1) is 0 Å². The van der Waals surface area contributed by atoms with Crippen LogP contribution in [-0.4, -0.2) is 23.1 Å². The molecule has 0 unspecified atom stereocenters. The maximum absolute atomic E-state index is 10.4. The molecule has 0 aliphatic carbocycles. The molecular weight excluding hydrogens is 246 g/mol. The van der Waals surface area contributed by atoms with Gasteiger partial charge in [-0.3, -0.25) is 4.90 Å². The van der Waals surface area contributed by atoms with Crippen molar-refractivity contribution in [2.45, 2.75) is 25.0 Å². The van der Waals surface area contributed by atoms with Gasteiger partial charge < -0.3 is 5.11 Å². The number of rotatable bonds is 4. The smallest absolute Gasteiger partial charge is 0.0917 e. The molecule has 1 aliphatic heterocycles. The van der Waals surface area contributed by atoms with E-state index in [1.54, 1.807) is 0 Å². The van der Waals surface area contributed by atoms with Crippen molar-refractivity contribution in [1.82, 2.24) is 4.90 Å². The van der Waals surface area contributed by atoms with Crippen LogP contribution in [-0.2, 0) is 0 Å². The normalized spacial score (nSPS) is 20.9. The lowest BCUT2D eigenvalue weighted by atomic mass is 10.0. The second-order valence-corrected chi connectivity index (χ2v) is 5.49. The Morgan fingerprint density at radius 2 is 1.65 bits per heavy atom. The van der Waals surface area contributed by atoms with Gasteiger partial charge in [-0.15, -0.1) is 0 Å². The molecule has 2 atom stereocenters. The minimum Gasteiger partial charge on any atom is -0.387 e. The van der Waals surface area contributed by atoms with E-state index in [0.29, 0.717) is 12.6 Å². The fourth-order valence-corrected chi connectivity index (χ4v) is 3.10. The average molecular weight is 267 g/mol. The van der Waals surface area contributed by atoms with Crippen molar-refractivity contribution in [2.75, 3.05) is 13.1 Å². The fraction of sp³-hybridized carbons (Fsp3) is 0.333. The summed E-state index contributed by atoms with van der Waals surface area (Å²) in [5.74, 6) is 0. The van der Waals surface area contributed by atoms with Crippen LogP contribution in [0.25, 0.3) is 0 Å². The number of aliphatic hydroxyl groups excluding tert-OH is 1. The minimum absolute atomic E-state index is 0.402. The largest absolute Gasteiger partial charge is 0.387 e. The molecule has 1 fully saturated rings. The summed E-state index contributed by atoms with van der Waals surface area (Å²) in [6.45, 7) is 1.78. The van der Waals surface area contributed by atoms with Crippen LogP contribution in [0.15, 0.2) is 60.7 Å². The van der Waals surface area contributed by atoms with E-state index < -0.39 is 6.10 Å². The third-order valence-corrected chi connectivity index (χ3v) is 4.14. The van der Waals surface area contributed by atoms with E-state index in [4.69, 9.17) is 0 Å². The summed E-state index contributed by atoms with van der Waals surface area (Å²) in [7, 11) is 0. The van der Waals surface area contributed by atoms with Gasteiger partial charge in [-0.1, -0.05) is 60.7 Å². The molecule has 2 heteroatoms. The minimum atomic E-state index is -0.402. The predicted octanol–water partition coefficient (Wildman–Crippen LogP) is 3.56. The molecule has 0 amide bonds. The lowest BCUT2D eigenvalue weighted by molar-refractivity contribution is 0.106. The highest BCUT2D eigenvalue weighted by Crippen LogP contribution is 2.33. The molecule has 0 bridgehead atoms. The van der Waals surface area contributed by atoms with Gasteiger partial charge in [0, 0.05) is 12.6 Å². The van der Waals surface area contributed by atoms with Crippen LogP contribution in [0.5, 0.6) is 0 Å². The number of β-amino-alcohol motifs (C(OH)–C–C–N with tert-alkyl or cyclic N) is 1. The zero-order chi connectivity index (χ0) is 13.8. The molecule has 2 nitrogen and oxygen atoms in total. The molecule has 0 saturated carbocycles. The first-order chi connectivity index (χ1) is 9.84. The Labute approximate surface area is 120 Å². The second-order valence-electron chi connectivity index (χ2n) is 5.49. The standard InChI is InChI=1S/C18H21NO/c20-18(16-10-5-2-6-11-16)14-19-13-7-12-17(19)15-8-3-1-4-9-15/h1-6,8-11,17-18,20H,7,12-14H2/t17-,18+/m0/s1. The summed E-state index contributed by atoms with van der Waals surface area (Å²) >= 11 is 0. The zero-order valence-corrected chi connectivity index (χ0v) is 11.7. The summed E-state index contributed by atoms with van der Waals surface area (Å²) < 4.78 is 0. The quantitative estimate of drug-likeness (QED) is 0.915. The molecule has 20 heavy (non-hydrogen) atoms. The van der Waals surface area contributed by atoms with Crippen molar-refractivity contribution in [2.24, 2.45) is 0 Å². The van der Waals surface area contributed by atoms with Gasteiger partial charge in [-0.05, 0) is 30.5 Å². The van der Waals surface area contributed by atoms with E-state index in [1.807, 2.05) is 30.3 Å². The molecule has 0 aromatic heterocycles. The molecule has 1 aliphatic rings. The average Bonchev–Trinajstić information content (AvgIpc) is 2.97. The van der Waals surface area contributed by atoms with Crippen molar-refractivity contribution in [3.05, 3.63) is 71.8 Å². The summed E-state index contributed by atoms with van der Waals surface area (Å²) in [5, 5.41) is 10.4. The molecule has 1 saturated heterocycles. The highest BCUT2D eigenvalue weighted by atomic mass is 16.3. The summed E-state index contributed by atoms with van der Waals surface area (Å²) in [5.41, 5.74) is 2.37. The van der Waals surface area contributed by atoms with Crippen LogP contribution in [0.1, 0.15) is 36.1 Å². The van der Waals surface area contributed by atoms with Gasteiger partial charge in [0.1, 0.15) is 0 Å². The molecule has 3 rings (SSSR count). The first kappa shape index (κ1) is 13.3. The Bertz CT molecular complexity index is 526.